The molecule has 0 spiro atoms. The highest BCUT2D eigenvalue weighted by Gasteiger charge is 2.08. The largest absolute Gasteiger partial charge is 0.491 e. The zero-order valence-electron chi connectivity index (χ0n) is 12.5. The number of ether oxygens (including phenoxy) is 1. The van der Waals surface area contributed by atoms with Crippen molar-refractivity contribution in [2.45, 2.75) is 20.0 Å². The van der Waals surface area contributed by atoms with Gasteiger partial charge in [-0.2, -0.15) is 5.10 Å². The number of hydrogen-bond acceptors (Lipinski definition) is 3. The molecular weight excluding hydrogens is 278 g/mol. The van der Waals surface area contributed by atoms with E-state index in [1.54, 1.807) is 12.3 Å². The first kappa shape index (κ1) is 14.1. The number of carbonyl (C=O) groups excluding carboxylic acids is 1. The minimum absolute atomic E-state index is 0.127. The molecule has 2 N–H and O–H groups in total. The average molecular weight is 295 g/mol. The Morgan fingerprint density at radius 3 is 2.68 bits per heavy atom. The predicted octanol–water partition coefficient (Wildman–Crippen LogP) is 3.60. The van der Waals surface area contributed by atoms with E-state index in [-0.39, 0.29) is 12.0 Å². The van der Waals surface area contributed by atoms with Crippen LogP contribution < -0.4 is 10.1 Å². The fraction of sp³-hybridized carbons (Fsp3) is 0.176. The SMILES string of the molecule is CC(C)Oc1ccc(NC(=O)c2ccc3[nH]ncc3c2)cc1. The molecule has 5 nitrogen and oxygen atoms in total. The van der Waals surface area contributed by atoms with Crippen LogP contribution in [-0.2, 0) is 0 Å². The summed E-state index contributed by atoms with van der Waals surface area (Å²) in [4.78, 5) is 12.3. The third-order valence-corrected chi connectivity index (χ3v) is 3.19. The molecule has 5 heteroatoms. The Hall–Kier alpha value is -2.82. The molecule has 112 valence electrons. The number of aromatic amines is 1. The van der Waals surface area contributed by atoms with E-state index in [9.17, 15) is 4.79 Å². The summed E-state index contributed by atoms with van der Waals surface area (Å²) in [6.45, 7) is 3.95. The molecule has 0 aliphatic heterocycles. The van der Waals surface area contributed by atoms with Crippen molar-refractivity contribution in [2.75, 3.05) is 5.32 Å². The van der Waals surface area contributed by atoms with Crippen LogP contribution in [0.15, 0.2) is 48.7 Å². The minimum Gasteiger partial charge on any atom is -0.491 e. The first-order chi connectivity index (χ1) is 10.6. The van der Waals surface area contributed by atoms with E-state index in [2.05, 4.69) is 15.5 Å². The lowest BCUT2D eigenvalue weighted by Gasteiger charge is -2.10. The van der Waals surface area contributed by atoms with Crippen LogP contribution in [-0.4, -0.2) is 22.2 Å². The summed E-state index contributed by atoms with van der Waals surface area (Å²) in [5.41, 5.74) is 2.23. The van der Waals surface area contributed by atoms with Crippen LogP contribution in [0.2, 0.25) is 0 Å². The monoisotopic (exact) mass is 295 g/mol. The van der Waals surface area contributed by atoms with Gasteiger partial charge in [0.05, 0.1) is 17.8 Å². The highest BCUT2D eigenvalue weighted by Crippen LogP contribution is 2.18. The van der Waals surface area contributed by atoms with Gasteiger partial charge >= 0.3 is 0 Å². The zero-order valence-corrected chi connectivity index (χ0v) is 12.5. The van der Waals surface area contributed by atoms with Crippen LogP contribution in [0.3, 0.4) is 0 Å². The first-order valence-electron chi connectivity index (χ1n) is 7.13. The second-order valence-electron chi connectivity index (χ2n) is 5.32. The smallest absolute Gasteiger partial charge is 0.255 e. The zero-order chi connectivity index (χ0) is 15.5. The fourth-order valence-electron chi connectivity index (χ4n) is 2.18. The summed E-state index contributed by atoms with van der Waals surface area (Å²) < 4.78 is 5.57. The van der Waals surface area contributed by atoms with Gasteiger partial charge in [-0.1, -0.05) is 0 Å². The molecule has 0 radical (unpaired) electrons. The molecule has 0 bridgehead atoms. The van der Waals surface area contributed by atoms with Crippen LogP contribution in [0.4, 0.5) is 5.69 Å². The van der Waals surface area contributed by atoms with E-state index in [1.165, 1.54) is 0 Å². The van der Waals surface area contributed by atoms with E-state index < -0.39 is 0 Å². The molecule has 1 aromatic heterocycles. The van der Waals surface area contributed by atoms with Crippen molar-refractivity contribution in [2.24, 2.45) is 0 Å². The van der Waals surface area contributed by atoms with Crippen LogP contribution in [0, 0.1) is 0 Å². The van der Waals surface area contributed by atoms with Crippen molar-refractivity contribution in [3.05, 3.63) is 54.2 Å². The second kappa shape index (κ2) is 5.89. The number of aromatic nitrogens is 2. The van der Waals surface area contributed by atoms with Crippen LogP contribution >= 0.6 is 0 Å². The topological polar surface area (TPSA) is 67.0 Å². The lowest BCUT2D eigenvalue weighted by atomic mass is 10.1. The van der Waals surface area contributed by atoms with Crippen molar-refractivity contribution in [3.8, 4) is 5.75 Å². The van der Waals surface area contributed by atoms with Gasteiger partial charge < -0.3 is 10.1 Å². The maximum Gasteiger partial charge on any atom is 0.255 e. The van der Waals surface area contributed by atoms with Crippen molar-refractivity contribution in [1.29, 1.82) is 0 Å². The number of benzene rings is 2. The van der Waals surface area contributed by atoms with Gasteiger partial charge in [-0.3, -0.25) is 9.89 Å². The van der Waals surface area contributed by atoms with E-state index in [1.807, 2.05) is 50.2 Å². The number of amides is 1. The number of carbonyl (C=O) groups is 1. The Kier molecular flexibility index (Phi) is 3.78. The van der Waals surface area contributed by atoms with Crippen molar-refractivity contribution < 1.29 is 9.53 Å². The predicted molar refractivity (Wildman–Crippen MR) is 86.3 cm³/mol. The molecule has 0 fully saturated rings. The van der Waals surface area contributed by atoms with Crippen molar-refractivity contribution >= 4 is 22.5 Å². The Labute approximate surface area is 128 Å². The van der Waals surface area contributed by atoms with Gasteiger partial charge in [-0.15, -0.1) is 0 Å². The maximum absolute atomic E-state index is 12.3. The Balaban J connectivity index is 1.73. The fourth-order valence-corrected chi connectivity index (χ4v) is 2.18. The number of nitrogens with zero attached hydrogens (tertiary/aromatic N) is 1. The summed E-state index contributed by atoms with van der Waals surface area (Å²) >= 11 is 0. The second-order valence-corrected chi connectivity index (χ2v) is 5.32. The number of fused-ring (bicyclic) bond motifs is 1. The van der Waals surface area contributed by atoms with Gasteiger partial charge in [-0.05, 0) is 56.3 Å². The molecule has 0 saturated heterocycles. The molecule has 1 heterocycles. The Morgan fingerprint density at radius 2 is 1.95 bits per heavy atom. The van der Waals surface area contributed by atoms with Gasteiger partial charge in [0.2, 0.25) is 0 Å². The van der Waals surface area contributed by atoms with Crippen LogP contribution in [0.1, 0.15) is 24.2 Å². The molecule has 1 amide bonds. The van der Waals surface area contributed by atoms with Crippen LogP contribution in [0.5, 0.6) is 5.75 Å². The highest BCUT2D eigenvalue weighted by atomic mass is 16.5. The average Bonchev–Trinajstić information content (AvgIpc) is 2.96. The minimum atomic E-state index is -0.152. The molecule has 0 aliphatic carbocycles. The molecule has 22 heavy (non-hydrogen) atoms. The van der Waals surface area contributed by atoms with Gasteiger partial charge in [0.15, 0.2) is 0 Å². The summed E-state index contributed by atoms with van der Waals surface area (Å²) in [5.74, 6) is 0.633. The summed E-state index contributed by atoms with van der Waals surface area (Å²) in [6, 6.07) is 12.8. The summed E-state index contributed by atoms with van der Waals surface area (Å²) in [5, 5.41) is 10.6. The molecule has 0 saturated carbocycles. The number of hydrogen-bond donors (Lipinski definition) is 2. The third kappa shape index (κ3) is 3.09. The molecule has 0 aliphatic rings. The lowest BCUT2D eigenvalue weighted by Crippen LogP contribution is -2.11. The highest BCUT2D eigenvalue weighted by molar-refractivity contribution is 6.06. The standard InChI is InChI=1S/C17H17N3O2/c1-11(2)22-15-6-4-14(5-7-15)19-17(21)12-3-8-16-13(9-12)10-18-20-16/h3-11H,1-2H3,(H,18,20)(H,19,21). The maximum atomic E-state index is 12.3. The van der Waals surface area contributed by atoms with E-state index >= 15 is 0 Å². The van der Waals surface area contributed by atoms with Gasteiger partial charge in [0, 0.05) is 16.6 Å². The quantitative estimate of drug-likeness (QED) is 0.772. The van der Waals surface area contributed by atoms with Crippen molar-refractivity contribution in [1.82, 2.24) is 10.2 Å². The van der Waals surface area contributed by atoms with Crippen molar-refractivity contribution in [3.63, 3.8) is 0 Å². The van der Waals surface area contributed by atoms with E-state index in [0.717, 1.165) is 22.3 Å². The molecule has 0 atom stereocenters. The molecule has 2 aromatic carbocycles. The van der Waals surface area contributed by atoms with E-state index in [4.69, 9.17) is 4.74 Å². The number of H-pyrrole nitrogens is 1. The van der Waals surface area contributed by atoms with Gasteiger partial charge in [0.25, 0.3) is 5.91 Å². The summed E-state index contributed by atoms with van der Waals surface area (Å²) in [7, 11) is 0. The number of rotatable bonds is 4. The molecule has 3 aromatic rings. The molecule has 0 unspecified atom stereocenters. The summed E-state index contributed by atoms with van der Waals surface area (Å²) in [6.07, 6.45) is 1.83. The third-order valence-electron chi connectivity index (χ3n) is 3.19. The number of nitrogens with one attached hydrogen (secondary N) is 2. The van der Waals surface area contributed by atoms with Gasteiger partial charge in [-0.25, -0.2) is 0 Å². The Bertz CT molecular complexity index is 791. The molecular formula is C17H17N3O2. The van der Waals surface area contributed by atoms with E-state index in [0.29, 0.717) is 5.56 Å². The first-order valence-corrected chi connectivity index (χ1v) is 7.13. The Morgan fingerprint density at radius 1 is 1.18 bits per heavy atom. The molecule has 3 rings (SSSR count). The van der Waals surface area contributed by atoms with Gasteiger partial charge in [0.1, 0.15) is 5.75 Å². The lowest BCUT2D eigenvalue weighted by molar-refractivity contribution is 0.102. The van der Waals surface area contributed by atoms with Crippen LogP contribution in [0.25, 0.3) is 10.9 Å². The normalized spacial score (nSPS) is 10.9. The number of anilines is 1.